The number of carbonyl (C=O) groups excluding carboxylic acids is 1. The van der Waals surface area contributed by atoms with Crippen molar-refractivity contribution in [2.75, 3.05) is 6.54 Å². The Kier molecular flexibility index (Phi) is 5.21. The Morgan fingerprint density at radius 1 is 1.78 bits per heavy atom. The number of nitrogens with one attached hydrogen (secondary N) is 1. The van der Waals surface area contributed by atoms with E-state index in [1.807, 2.05) is 6.92 Å². The third-order valence-corrected chi connectivity index (χ3v) is 1.31. The summed E-state index contributed by atoms with van der Waals surface area (Å²) in [6.07, 6.45) is 2.55. The van der Waals surface area contributed by atoms with Gasteiger partial charge in [-0.15, -0.1) is 0 Å². The van der Waals surface area contributed by atoms with Crippen LogP contribution in [-0.4, -0.2) is 19.0 Å². The highest BCUT2D eigenvalue weighted by Crippen LogP contribution is 1.92. The summed E-state index contributed by atoms with van der Waals surface area (Å²) in [5, 5.41) is 2.67. The minimum absolute atomic E-state index is 0.271. The van der Waals surface area contributed by atoms with E-state index in [0.717, 1.165) is 19.3 Å². The van der Waals surface area contributed by atoms with Crippen LogP contribution in [-0.2, 0) is 4.79 Å². The third kappa shape index (κ3) is 3.97. The molecule has 0 aliphatic heterocycles. The first kappa shape index (κ1) is 8.43. The topological polar surface area (TPSA) is 55.1 Å². The first-order chi connectivity index (χ1) is 4.35. The van der Waals surface area contributed by atoms with Gasteiger partial charge in [0.05, 0.1) is 0 Å². The van der Waals surface area contributed by atoms with E-state index in [1.165, 1.54) is 0 Å². The molecular formula is C6H14N2O. The highest BCUT2D eigenvalue weighted by molar-refractivity contribution is 5.46. The number of hydrogen-bond donors (Lipinski definition) is 2. The molecule has 0 rings (SSSR count). The van der Waals surface area contributed by atoms with Crippen LogP contribution in [0.25, 0.3) is 0 Å². The van der Waals surface area contributed by atoms with Crippen molar-refractivity contribution < 1.29 is 4.79 Å². The lowest BCUT2D eigenvalue weighted by Crippen LogP contribution is -2.29. The van der Waals surface area contributed by atoms with Crippen molar-refractivity contribution in [1.82, 2.24) is 5.32 Å². The molecular weight excluding hydrogens is 116 g/mol. The molecule has 3 N–H and O–H groups in total. The van der Waals surface area contributed by atoms with Gasteiger partial charge in [-0.2, -0.15) is 0 Å². The fourth-order valence-corrected chi connectivity index (χ4v) is 0.703. The highest BCUT2D eigenvalue weighted by Gasteiger charge is 2.00. The quantitative estimate of drug-likeness (QED) is 0.509. The van der Waals surface area contributed by atoms with Crippen LogP contribution in [0.1, 0.15) is 19.8 Å². The van der Waals surface area contributed by atoms with E-state index < -0.39 is 0 Å². The molecule has 0 saturated heterocycles. The van der Waals surface area contributed by atoms with Crippen LogP contribution in [0.3, 0.4) is 0 Å². The molecule has 0 aliphatic carbocycles. The number of hydrogen-bond acceptors (Lipinski definition) is 2. The average molecular weight is 130 g/mol. The molecule has 1 atom stereocenters. The van der Waals surface area contributed by atoms with Crippen LogP contribution in [0.4, 0.5) is 0 Å². The molecule has 0 radical (unpaired) electrons. The van der Waals surface area contributed by atoms with Crippen LogP contribution in [0.2, 0.25) is 0 Å². The molecule has 0 saturated carbocycles. The fourth-order valence-electron chi connectivity index (χ4n) is 0.703. The summed E-state index contributed by atoms with van der Waals surface area (Å²) in [6, 6.07) is 0.271. The van der Waals surface area contributed by atoms with Gasteiger partial charge < -0.3 is 11.1 Å². The molecule has 0 aromatic rings. The lowest BCUT2D eigenvalue weighted by atomic mass is 10.1. The lowest BCUT2D eigenvalue weighted by molar-refractivity contribution is -0.110. The van der Waals surface area contributed by atoms with Gasteiger partial charge in [-0.25, -0.2) is 0 Å². The molecule has 1 unspecified atom stereocenters. The predicted octanol–water partition coefficient (Wildman–Crippen LogP) is -0.140. The van der Waals surface area contributed by atoms with Gasteiger partial charge in [0.25, 0.3) is 0 Å². The fraction of sp³-hybridized carbons (Fsp3) is 0.833. The van der Waals surface area contributed by atoms with Crippen LogP contribution in [0.5, 0.6) is 0 Å². The summed E-state index contributed by atoms with van der Waals surface area (Å²) in [5.41, 5.74) is 5.28. The number of amides is 1. The van der Waals surface area contributed by atoms with E-state index in [-0.39, 0.29) is 6.04 Å². The normalized spacial score (nSPS) is 12.7. The van der Waals surface area contributed by atoms with E-state index >= 15 is 0 Å². The first-order valence-corrected chi connectivity index (χ1v) is 3.24. The molecule has 0 aromatic carbocycles. The van der Waals surface area contributed by atoms with Crippen molar-refractivity contribution in [3.63, 3.8) is 0 Å². The Hall–Kier alpha value is -0.570. The molecule has 0 heterocycles. The molecule has 0 aliphatic rings. The Labute approximate surface area is 55.6 Å². The van der Waals surface area contributed by atoms with Gasteiger partial charge in [0, 0.05) is 6.04 Å². The minimum atomic E-state index is 0.271. The summed E-state index contributed by atoms with van der Waals surface area (Å²) >= 11 is 0. The monoisotopic (exact) mass is 130 g/mol. The van der Waals surface area contributed by atoms with Gasteiger partial charge in [-0.05, 0) is 19.4 Å². The van der Waals surface area contributed by atoms with Crippen molar-refractivity contribution in [3.05, 3.63) is 0 Å². The Balaban J connectivity index is 3.28. The number of rotatable bonds is 5. The molecule has 0 aromatic heterocycles. The average Bonchev–Trinajstić information content (AvgIpc) is 1.88. The molecule has 0 spiro atoms. The maximum atomic E-state index is 9.90. The van der Waals surface area contributed by atoms with Crippen molar-refractivity contribution in [3.8, 4) is 0 Å². The Morgan fingerprint density at radius 3 is 2.78 bits per heavy atom. The van der Waals surface area contributed by atoms with Crippen molar-refractivity contribution in [1.29, 1.82) is 0 Å². The summed E-state index contributed by atoms with van der Waals surface area (Å²) in [4.78, 5) is 9.90. The molecule has 3 nitrogen and oxygen atoms in total. The zero-order chi connectivity index (χ0) is 7.11. The third-order valence-electron chi connectivity index (χ3n) is 1.31. The van der Waals surface area contributed by atoms with Gasteiger partial charge in [-0.1, -0.05) is 6.92 Å². The summed E-state index contributed by atoms with van der Waals surface area (Å²) in [5.74, 6) is 0. The molecule has 0 fully saturated rings. The second-order valence-electron chi connectivity index (χ2n) is 1.97. The first-order valence-electron chi connectivity index (χ1n) is 3.24. The van der Waals surface area contributed by atoms with Gasteiger partial charge in [0.15, 0.2) is 0 Å². The predicted molar refractivity (Wildman–Crippen MR) is 37.0 cm³/mol. The van der Waals surface area contributed by atoms with E-state index in [1.54, 1.807) is 0 Å². The maximum Gasteiger partial charge on any atom is 0.207 e. The Morgan fingerprint density at radius 2 is 2.44 bits per heavy atom. The summed E-state index contributed by atoms with van der Waals surface area (Å²) in [6.45, 7) is 2.66. The Bertz CT molecular complexity index is 75.5. The van der Waals surface area contributed by atoms with Crippen LogP contribution in [0.15, 0.2) is 0 Å². The zero-order valence-electron chi connectivity index (χ0n) is 5.76. The SMILES string of the molecule is CCC(CCN)NC=O. The summed E-state index contributed by atoms with van der Waals surface area (Å²) in [7, 11) is 0. The van der Waals surface area contributed by atoms with E-state index in [2.05, 4.69) is 5.32 Å². The van der Waals surface area contributed by atoms with E-state index in [9.17, 15) is 4.79 Å². The van der Waals surface area contributed by atoms with Crippen LogP contribution >= 0.6 is 0 Å². The van der Waals surface area contributed by atoms with Gasteiger partial charge >= 0.3 is 0 Å². The van der Waals surface area contributed by atoms with Gasteiger partial charge in [-0.3, -0.25) is 4.79 Å². The zero-order valence-corrected chi connectivity index (χ0v) is 5.76. The van der Waals surface area contributed by atoms with Crippen LogP contribution < -0.4 is 11.1 Å². The largest absolute Gasteiger partial charge is 0.356 e. The second-order valence-corrected chi connectivity index (χ2v) is 1.97. The molecule has 0 bridgehead atoms. The molecule has 3 heteroatoms. The van der Waals surface area contributed by atoms with Crippen molar-refractivity contribution in [2.24, 2.45) is 5.73 Å². The van der Waals surface area contributed by atoms with Crippen molar-refractivity contribution >= 4 is 6.41 Å². The lowest BCUT2D eigenvalue weighted by Gasteiger charge is -2.10. The maximum absolute atomic E-state index is 9.90. The molecule has 9 heavy (non-hydrogen) atoms. The van der Waals surface area contributed by atoms with E-state index in [0.29, 0.717) is 6.54 Å². The van der Waals surface area contributed by atoms with E-state index in [4.69, 9.17) is 5.73 Å². The van der Waals surface area contributed by atoms with Crippen molar-refractivity contribution in [2.45, 2.75) is 25.8 Å². The van der Waals surface area contributed by atoms with Gasteiger partial charge in [0.2, 0.25) is 6.41 Å². The smallest absolute Gasteiger partial charge is 0.207 e. The van der Waals surface area contributed by atoms with Gasteiger partial charge in [0.1, 0.15) is 0 Å². The second kappa shape index (κ2) is 5.56. The minimum Gasteiger partial charge on any atom is -0.356 e. The van der Waals surface area contributed by atoms with Crippen LogP contribution in [0, 0.1) is 0 Å². The standard InChI is InChI=1S/C6H14N2O/c1-2-6(3-4-7)8-5-9/h5-6H,2-4,7H2,1H3,(H,8,9). The number of nitrogens with two attached hydrogens (primary N) is 1. The highest BCUT2D eigenvalue weighted by atomic mass is 16.1. The molecule has 54 valence electrons. The summed E-state index contributed by atoms with van der Waals surface area (Å²) < 4.78 is 0. The molecule has 1 amide bonds. The number of carbonyl (C=O) groups is 1.